The number of carbonyl (C=O) groups is 2. The van der Waals surface area contributed by atoms with E-state index in [2.05, 4.69) is 5.10 Å². The summed E-state index contributed by atoms with van der Waals surface area (Å²) >= 11 is 1.51. The number of rotatable bonds is 6. The molecule has 0 aliphatic heterocycles. The number of carboxylic acid groups (broad SMARTS) is 1. The smallest absolute Gasteiger partial charge is 0.357 e. The van der Waals surface area contributed by atoms with Gasteiger partial charge in [-0.15, -0.1) is 11.3 Å². The van der Waals surface area contributed by atoms with E-state index in [1.165, 1.54) is 16.2 Å². The molecule has 0 spiro atoms. The molecule has 1 N–H and O–H groups in total. The molecular weight excluding hydrogens is 452 g/mol. The van der Waals surface area contributed by atoms with Gasteiger partial charge >= 0.3 is 5.97 Å². The monoisotopic (exact) mass is 474 g/mol. The topological polar surface area (TPSA) is 105 Å². The Bertz CT molecular complexity index is 1420. The van der Waals surface area contributed by atoms with Crippen LogP contribution in [-0.4, -0.2) is 31.7 Å². The van der Waals surface area contributed by atoms with E-state index in [0.29, 0.717) is 11.7 Å². The van der Waals surface area contributed by atoms with Crippen molar-refractivity contribution >= 4 is 39.1 Å². The summed E-state index contributed by atoms with van der Waals surface area (Å²) in [4.78, 5) is 45.9. The Morgan fingerprint density at radius 2 is 1.71 bits per heavy atom. The van der Waals surface area contributed by atoms with Gasteiger partial charge in [0.2, 0.25) is 0 Å². The molecule has 0 atom stereocenters. The van der Waals surface area contributed by atoms with Gasteiger partial charge in [0.15, 0.2) is 10.8 Å². The van der Waals surface area contributed by atoms with Crippen molar-refractivity contribution in [3.8, 4) is 0 Å². The molecule has 5 rings (SSSR count). The summed E-state index contributed by atoms with van der Waals surface area (Å²) in [6.07, 6.45) is 4.04. The first-order valence-corrected chi connectivity index (χ1v) is 11.9. The summed E-state index contributed by atoms with van der Waals surface area (Å²) in [6.45, 7) is -0.0960. The van der Waals surface area contributed by atoms with Crippen molar-refractivity contribution in [1.29, 1.82) is 0 Å². The summed E-state index contributed by atoms with van der Waals surface area (Å²) in [5.41, 5.74) is 1.19. The van der Waals surface area contributed by atoms with Gasteiger partial charge in [-0.1, -0.05) is 48.5 Å². The zero-order valence-electron chi connectivity index (χ0n) is 18.3. The minimum absolute atomic E-state index is 0.210. The van der Waals surface area contributed by atoms with Crippen molar-refractivity contribution in [3.05, 3.63) is 86.8 Å². The fourth-order valence-corrected chi connectivity index (χ4v) is 5.36. The van der Waals surface area contributed by atoms with Crippen LogP contribution in [-0.2, 0) is 30.7 Å². The molecule has 2 aromatic heterocycles. The van der Waals surface area contributed by atoms with Crippen LogP contribution < -0.4 is 10.5 Å². The van der Waals surface area contributed by atoms with Gasteiger partial charge in [-0.25, -0.2) is 14.5 Å². The molecule has 2 heterocycles. The molecule has 1 amide bonds. The minimum atomic E-state index is -1.26. The number of aromatic carboxylic acids is 1. The highest BCUT2D eigenvalue weighted by Gasteiger charge is 2.25. The quantitative estimate of drug-likeness (QED) is 0.457. The lowest BCUT2D eigenvalue weighted by Gasteiger charge is -2.20. The predicted molar refractivity (Wildman–Crippen MR) is 129 cm³/mol. The van der Waals surface area contributed by atoms with E-state index in [0.717, 1.165) is 41.6 Å². The molecule has 0 bridgehead atoms. The molecule has 2 aromatic carbocycles. The Labute approximate surface area is 199 Å². The Hall–Kier alpha value is -3.85. The fourth-order valence-electron chi connectivity index (χ4n) is 4.20. The van der Waals surface area contributed by atoms with Gasteiger partial charge in [0.05, 0.1) is 17.6 Å². The number of amides is 1. The van der Waals surface area contributed by atoms with E-state index in [9.17, 15) is 19.5 Å². The van der Waals surface area contributed by atoms with Gasteiger partial charge in [-0.2, -0.15) is 5.10 Å². The number of hydrogen-bond donors (Lipinski definition) is 1. The zero-order chi connectivity index (χ0) is 23.7. The summed E-state index contributed by atoms with van der Waals surface area (Å²) in [7, 11) is 0. The highest BCUT2D eigenvalue weighted by atomic mass is 32.1. The molecule has 9 heteroatoms. The van der Waals surface area contributed by atoms with Gasteiger partial charge in [0.1, 0.15) is 6.54 Å². The number of benzene rings is 2. The van der Waals surface area contributed by atoms with Crippen LogP contribution in [0, 0.1) is 0 Å². The molecule has 8 nitrogen and oxygen atoms in total. The highest BCUT2D eigenvalue weighted by molar-refractivity contribution is 7.15. The zero-order valence-corrected chi connectivity index (χ0v) is 19.1. The first-order chi connectivity index (χ1) is 16.5. The largest absolute Gasteiger partial charge is 0.476 e. The molecule has 0 unspecified atom stereocenters. The van der Waals surface area contributed by atoms with Crippen LogP contribution >= 0.6 is 11.3 Å². The number of carbonyl (C=O) groups excluding carboxylic acids is 1. The summed E-state index contributed by atoms with van der Waals surface area (Å²) in [5, 5.41) is 14.7. The van der Waals surface area contributed by atoms with Crippen LogP contribution in [0.15, 0.2) is 59.4 Å². The average Bonchev–Trinajstić information content (AvgIpc) is 3.28. The number of thiazole rings is 1. The van der Waals surface area contributed by atoms with E-state index >= 15 is 0 Å². The third-order valence-corrected chi connectivity index (χ3v) is 7.09. The molecule has 34 heavy (non-hydrogen) atoms. The minimum Gasteiger partial charge on any atom is -0.476 e. The molecule has 0 saturated heterocycles. The molecule has 0 saturated carbocycles. The maximum Gasteiger partial charge on any atom is 0.357 e. The Kier molecular flexibility index (Phi) is 5.93. The standard InChI is InChI=1S/C25H22N4O4S/c30-21(15-29-23(31)18-11-5-4-10-17(18)22(27-29)24(32)33)28(14-16-8-2-1-3-9-16)25-26-19-12-6-7-13-20(19)34-25/h1-5,8-11H,6-7,12-15H2,(H,32,33). The lowest BCUT2D eigenvalue weighted by atomic mass is 10.0. The first-order valence-electron chi connectivity index (χ1n) is 11.1. The SMILES string of the molecule is O=C(O)c1nn(CC(=O)N(Cc2ccccc2)c2nc3c(s2)CCCC3)c(=O)c2ccccc12. The van der Waals surface area contributed by atoms with E-state index in [1.807, 2.05) is 30.3 Å². The van der Waals surface area contributed by atoms with Crippen molar-refractivity contribution in [2.75, 3.05) is 4.90 Å². The number of fused-ring (bicyclic) bond motifs is 2. The van der Waals surface area contributed by atoms with E-state index < -0.39 is 11.5 Å². The average molecular weight is 475 g/mol. The fraction of sp³-hybridized carbons (Fsp3) is 0.240. The molecular formula is C25H22N4O4S. The van der Waals surface area contributed by atoms with Gasteiger partial charge in [-0.05, 0) is 37.3 Å². The normalized spacial score (nSPS) is 12.9. The van der Waals surface area contributed by atoms with Crippen LogP contribution in [0.25, 0.3) is 10.8 Å². The van der Waals surface area contributed by atoms with Crippen molar-refractivity contribution < 1.29 is 14.7 Å². The van der Waals surface area contributed by atoms with E-state index in [4.69, 9.17) is 4.98 Å². The van der Waals surface area contributed by atoms with Crippen LogP contribution in [0.2, 0.25) is 0 Å². The number of aromatic nitrogens is 3. The lowest BCUT2D eigenvalue weighted by molar-refractivity contribution is -0.119. The van der Waals surface area contributed by atoms with E-state index in [-0.39, 0.29) is 28.9 Å². The van der Waals surface area contributed by atoms with Crippen LogP contribution in [0.3, 0.4) is 0 Å². The Morgan fingerprint density at radius 3 is 2.44 bits per heavy atom. The van der Waals surface area contributed by atoms with Gasteiger partial charge in [0.25, 0.3) is 11.5 Å². The number of aryl methyl sites for hydroxylation is 2. The third kappa shape index (κ3) is 4.22. The van der Waals surface area contributed by atoms with Gasteiger partial charge in [-0.3, -0.25) is 14.5 Å². The Balaban J connectivity index is 1.54. The van der Waals surface area contributed by atoms with Gasteiger partial charge < -0.3 is 5.11 Å². The molecule has 0 fully saturated rings. The van der Waals surface area contributed by atoms with E-state index in [1.54, 1.807) is 29.2 Å². The van der Waals surface area contributed by atoms with Crippen molar-refractivity contribution in [3.63, 3.8) is 0 Å². The first kappa shape index (κ1) is 22.0. The number of anilines is 1. The lowest BCUT2D eigenvalue weighted by Crippen LogP contribution is -2.38. The summed E-state index contributed by atoms with van der Waals surface area (Å²) in [6, 6.07) is 16.0. The molecule has 172 valence electrons. The molecule has 0 radical (unpaired) electrons. The third-order valence-electron chi connectivity index (χ3n) is 5.91. The summed E-state index contributed by atoms with van der Waals surface area (Å²) < 4.78 is 0.944. The predicted octanol–water partition coefficient (Wildman–Crippen LogP) is 3.66. The van der Waals surface area contributed by atoms with Crippen molar-refractivity contribution in [1.82, 2.24) is 14.8 Å². The Morgan fingerprint density at radius 1 is 1.00 bits per heavy atom. The number of hydrogen-bond acceptors (Lipinski definition) is 6. The second-order valence-electron chi connectivity index (χ2n) is 8.20. The number of nitrogens with zero attached hydrogens (tertiary/aromatic N) is 4. The van der Waals surface area contributed by atoms with Crippen LogP contribution in [0.4, 0.5) is 5.13 Å². The van der Waals surface area contributed by atoms with Crippen LogP contribution in [0.1, 0.15) is 39.5 Å². The molecule has 4 aromatic rings. The van der Waals surface area contributed by atoms with Crippen LogP contribution in [0.5, 0.6) is 0 Å². The maximum atomic E-state index is 13.5. The maximum absolute atomic E-state index is 13.5. The van der Waals surface area contributed by atoms with Crippen molar-refractivity contribution in [2.45, 2.75) is 38.8 Å². The second-order valence-corrected chi connectivity index (χ2v) is 9.26. The molecule has 1 aliphatic carbocycles. The summed E-state index contributed by atoms with van der Waals surface area (Å²) in [5.74, 6) is -1.64. The van der Waals surface area contributed by atoms with Gasteiger partial charge in [0, 0.05) is 10.3 Å². The molecule has 1 aliphatic rings. The number of carboxylic acids is 1. The second kappa shape index (κ2) is 9.18. The van der Waals surface area contributed by atoms with Crippen molar-refractivity contribution in [2.24, 2.45) is 0 Å². The highest BCUT2D eigenvalue weighted by Crippen LogP contribution is 2.32.